The highest BCUT2D eigenvalue weighted by Gasteiger charge is 2.21. The number of amides is 2. The number of rotatable bonds is 4. The van der Waals surface area contributed by atoms with Gasteiger partial charge in [-0.2, -0.15) is 0 Å². The molecule has 0 unspecified atom stereocenters. The van der Waals surface area contributed by atoms with E-state index in [0.717, 1.165) is 5.56 Å². The zero-order chi connectivity index (χ0) is 18.5. The van der Waals surface area contributed by atoms with Crippen LogP contribution in [-0.2, 0) is 11.3 Å². The SMILES string of the molecule is CC(=O)N1CCN(c2ncc(C(=O)N(C)Cc3ccccc3)cn2)CC1. The average molecular weight is 353 g/mol. The highest BCUT2D eigenvalue weighted by molar-refractivity contribution is 5.93. The molecule has 1 fully saturated rings. The molecule has 2 amide bonds. The Morgan fingerprint density at radius 1 is 1.04 bits per heavy atom. The third-order valence-corrected chi connectivity index (χ3v) is 4.50. The van der Waals surface area contributed by atoms with Crippen molar-refractivity contribution in [2.75, 3.05) is 38.1 Å². The second kappa shape index (κ2) is 7.95. The summed E-state index contributed by atoms with van der Waals surface area (Å²) in [5, 5.41) is 0. The molecule has 1 aliphatic rings. The van der Waals surface area contributed by atoms with Crippen LogP contribution in [0.15, 0.2) is 42.7 Å². The number of carbonyl (C=O) groups is 2. The number of carbonyl (C=O) groups excluding carboxylic acids is 2. The predicted molar refractivity (Wildman–Crippen MR) is 98.7 cm³/mol. The number of anilines is 1. The molecule has 0 aliphatic carbocycles. The van der Waals surface area contributed by atoms with Crippen LogP contribution in [0.25, 0.3) is 0 Å². The van der Waals surface area contributed by atoms with Gasteiger partial charge in [0.05, 0.1) is 5.56 Å². The van der Waals surface area contributed by atoms with Crippen LogP contribution >= 0.6 is 0 Å². The molecule has 1 aromatic carbocycles. The van der Waals surface area contributed by atoms with Gasteiger partial charge in [-0.15, -0.1) is 0 Å². The van der Waals surface area contributed by atoms with Crippen LogP contribution in [0.3, 0.4) is 0 Å². The van der Waals surface area contributed by atoms with E-state index in [1.54, 1.807) is 31.3 Å². The van der Waals surface area contributed by atoms with E-state index in [1.165, 1.54) is 0 Å². The Bertz CT molecular complexity index is 755. The molecule has 0 radical (unpaired) electrons. The summed E-state index contributed by atoms with van der Waals surface area (Å²) in [4.78, 5) is 38.1. The van der Waals surface area contributed by atoms with Gasteiger partial charge in [0.15, 0.2) is 0 Å². The summed E-state index contributed by atoms with van der Waals surface area (Å²) in [7, 11) is 1.77. The largest absolute Gasteiger partial charge is 0.339 e. The van der Waals surface area contributed by atoms with E-state index in [-0.39, 0.29) is 11.8 Å². The van der Waals surface area contributed by atoms with Gasteiger partial charge >= 0.3 is 0 Å². The van der Waals surface area contributed by atoms with Crippen LogP contribution in [-0.4, -0.2) is 64.8 Å². The third kappa shape index (κ3) is 4.17. The molecular formula is C19H23N5O2. The molecule has 136 valence electrons. The molecule has 1 aromatic heterocycles. The first kappa shape index (κ1) is 17.8. The standard InChI is InChI=1S/C19H23N5O2/c1-15(25)23-8-10-24(11-9-23)19-20-12-17(13-21-19)18(26)22(2)14-16-6-4-3-5-7-16/h3-7,12-13H,8-11,14H2,1-2H3. The average Bonchev–Trinajstić information content (AvgIpc) is 2.68. The zero-order valence-electron chi connectivity index (χ0n) is 15.1. The monoisotopic (exact) mass is 353 g/mol. The molecule has 0 N–H and O–H groups in total. The summed E-state index contributed by atoms with van der Waals surface area (Å²) in [6, 6.07) is 9.84. The number of hydrogen-bond acceptors (Lipinski definition) is 5. The fourth-order valence-corrected chi connectivity index (χ4v) is 2.97. The summed E-state index contributed by atoms with van der Waals surface area (Å²) in [5.41, 5.74) is 1.54. The van der Waals surface area contributed by atoms with E-state index in [4.69, 9.17) is 0 Å². The lowest BCUT2D eigenvalue weighted by molar-refractivity contribution is -0.129. The molecular weight excluding hydrogens is 330 g/mol. The van der Waals surface area contributed by atoms with E-state index < -0.39 is 0 Å². The fraction of sp³-hybridized carbons (Fsp3) is 0.368. The van der Waals surface area contributed by atoms with Gasteiger partial charge in [-0.3, -0.25) is 9.59 Å². The Morgan fingerprint density at radius 2 is 1.65 bits per heavy atom. The summed E-state index contributed by atoms with van der Waals surface area (Å²) < 4.78 is 0. The number of benzene rings is 1. The third-order valence-electron chi connectivity index (χ3n) is 4.50. The normalized spacial score (nSPS) is 14.2. The summed E-state index contributed by atoms with van der Waals surface area (Å²) in [6.07, 6.45) is 3.15. The van der Waals surface area contributed by atoms with Crippen molar-refractivity contribution in [1.29, 1.82) is 0 Å². The number of hydrogen-bond donors (Lipinski definition) is 0. The molecule has 3 rings (SSSR count). The van der Waals surface area contributed by atoms with E-state index >= 15 is 0 Å². The van der Waals surface area contributed by atoms with Crippen molar-refractivity contribution in [3.8, 4) is 0 Å². The molecule has 1 aliphatic heterocycles. The second-order valence-corrected chi connectivity index (χ2v) is 6.41. The molecule has 7 nitrogen and oxygen atoms in total. The Balaban J connectivity index is 1.60. The van der Waals surface area contributed by atoms with Crippen molar-refractivity contribution < 1.29 is 9.59 Å². The minimum absolute atomic E-state index is 0.0907. The number of piperazine rings is 1. The number of nitrogens with zero attached hydrogens (tertiary/aromatic N) is 5. The van der Waals surface area contributed by atoms with E-state index in [2.05, 4.69) is 9.97 Å². The lowest BCUT2D eigenvalue weighted by atomic mass is 10.2. The van der Waals surface area contributed by atoms with Crippen LogP contribution in [0, 0.1) is 0 Å². The van der Waals surface area contributed by atoms with Crippen LogP contribution in [0.4, 0.5) is 5.95 Å². The maximum absolute atomic E-state index is 12.5. The van der Waals surface area contributed by atoms with Gasteiger partial charge in [-0.25, -0.2) is 9.97 Å². The van der Waals surface area contributed by atoms with E-state index in [1.807, 2.05) is 40.1 Å². The van der Waals surface area contributed by atoms with Crippen molar-refractivity contribution in [2.24, 2.45) is 0 Å². The smallest absolute Gasteiger partial charge is 0.257 e. The molecule has 0 spiro atoms. The Morgan fingerprint density at radius 3 is 2.23 bits per heavy atom. The van der Waals surface area contributed by atoms with Crippen molar-refractivity contribution in [1.82, 2.24) is 19.8 Å². The maximum atomic E-state index is 12.5. The van der Waals surface area contributed by atoms with Crippen LogP contribution in [0.2, 0.25) is 0 Å². The highest BCUT2D eigenvalue weighted by Crippen LogP contribution is 2.13. The van der Waals surface area contributed by atoms with Crippen LogP contribution in [0.5, 0.6) is 0 Å². The minimum atomic E-state index is -0.109. The molecule has 0 saturated carbocycles. The fourth-order valence-electron chi connectivity index (χ4n) is 2.97. The summed E-state index contributed by atoms with van der Waals surface area (Å²) in [5.74, 6) is 0.574. The van der Waals surface area contributed by atoms with Crippen molar-refractivity contribution >= 4 is 17.8 Å². The first-order valence-electron chi connectivity index (χ1n) is 8.66. The first-order valence-corrected chi connectivity index (χ1v) is 8.66. The second-order valence-electron chi connectivity index (χ2n) is 6.41. The highest BCUT2D eigenvalue weighted by atomic mass is 16.2. The molecule has 0 bridgehead atoms. The maximum Gasteiger partial charge on any atom is 0.257 e. The first-order chi connectivity index (χ1) is 12.5. The molecule has 7 heteroatoms. The van der Waals surface area contributed by atoms with Crippen molar-refractivity contribution in [3.63, 3.8) is 0 Å². The van der Waals surface area contributed by atoms with E-state index in [9.17, 15) is 9.59 Å². The molecule has 2 heterocycles. The summed E-state index contributed by atoms with van der Waals surface area (Å²) in [6.45, 7) is 4.84. The predicted octanol–water partition coefficient (Wildman–Crippen LogP) is 1.42. The Labute approximate surface area is 153 Å². The zero-order valence-corrected chi connectivity index (χ0v) is 15.1. The van der Waals surface area contributed by atoms with Gasteiger partial charge < -0.3 is 14.7 Å². The Kier molecular flexibility index (Phi) is 5.46. The van der Waals surface area contributed by atoms with Gasteiger partial charge in [0.25, 0.3) is 5.91 Å². The van der Waals surface area contributed by atoms with Gasteiger partial charge in [-0.1, -0.05) is 30.3 Å². The van der Waals surface area contributed by atoms with Crippen molar-refractivity contribution in [3.05, 3.63) is 53.9 Å². The molecule has 2 aromatic rings. The molecule has 0 atom stereocenters. The Hall–Kier alpha value is -2.96. The van der Waals surface area contributed by atoms with Crippen LogP contribution < -0.4 is 4.90 Å². The van der Waals surface area contributed by atoms with Gasteiger partial charge in [0.1, 0.15) is 0 Å². The summed E-state index contributed by atoms with van der Waals surface area (Å²) >= 11 is 0. The van der Waals surface area contributed by atoms with E-state index in [0.29, 0.717) is 44.2 Å². The topological polar surface area (TPSA) is 69.6 Å². The number of aromatic nitrogens is 2. The molecule has 26 heavy (non-hydrogen) atoms. The van der Waals surface area contributed by atoms with Crippen molar-refractivity contribution in [2.45, 2.75) is 13.5 Å². The lowest BCUT2D eigenvalue weighted by Crippen LogP contribution is -2.48. The van der Waals surface area contributed by atoms with Crippen LogP contribution in [0.1, 0.15) is 22.8 Å². The quantitative estimate of drug-likeness (QED) is 0.831. The lowest BCUT2D eigenvalue weighted by Gasteiger charge is -2.34. The van der Waals surface area contributed by atoms with Gasteiger partial charge in [0, 0.05) is 59.1 Å². The molecule has 1 saturated heterocycles. The van der Waals surface area contributed by atoms with Gasteiger partial charge in [-0.05, 0) is 5.56 Å². The minimum Gasteiger partial charge on any atom is -0.339 e. The van der Waals surface area contributed by atoms with Gasteiger partial charge in [0.2, 0.25) is 11.9 Å².